The van der Waals surface area contributed by atoms with Crippen LogP contribution in [0.4, 0.5) is 0 Å². The highest BCUT2D eigenvalue weighted by Gasteiger charge is 2.21. The fourth-order valence-corrected chi connectivity index (χ4v) is 2.76. The highest BCUT2D eigenvalue weighted by molar-refractivity contribution is 5.83. The molecule has 2 aromatic carbocycles. The zero-order chi connectivity index (χ0) is 15.4. The topological polar surface area (TPSA) is 55.0 Å². The van der Waals surface area contributed by atoms with Gasteiger partial charge in [0.05, 0.1) is 24.7 Å². The van der Waals surface area contributed by atoms with Gasteiger partial charge < -0.3 is 4.74 Å². The van der Waals surface area contributed by atoms with E-state index in [4.69, 9.17) is 4.74 Å². The summed E-state index contributed by atoms with van der Waals surface area (Å²) in [6.45, 7) is 2.22. The van der Waals surface area contributed by atoms with Crippen molar-refractivity contribution >= 4 is 16.9 Å². The third kappa shape index (κ3) is 2.86. The Morgan fingerprint density at radius 3 is 2.77 bits per heavy atom. The summed E-state index contributed by atoms with van der Waals surface area (Å²) in [7, 11) is 0. The Kier molecular flexibility index (Phi) is 4.19. The molecule has 0 aliphatic rings. The molecule has 112 valence electrons. The summed E-state index contributed by atoms with van der Waals surface area (Å²) in [5, 5.41) is 8.20. The van der Waals surface area contributed by atoms with Gasteiger partial charge in [-0.3, -0.25) is 9.89 Å². The molecule has 1 unspecified atom stereocenters. The molecular formula is C18H18N2O2. The smallest absolute Gasteiger partial charge is 0.306 e. The fourth-order valence-electron chi connectivity index (χ4n) is 2.76. The molecule has 1 aromatic heterocycles. The summed E-state index contributed by atoms with van der Waals surface area (Å²) in [6, 6.07) is 16.1. The van der Waals surface area contributed by atoms with Crippen LogP contribution in [0.5, 0.6) is 0 Å². The Morgan fingerprint density at radius 2 is 2.00 bits per heavy atom. The second-order valence-corrected chi connectivity index (χ2v) is 5.15. The average molecular weight is 294 g/mol. The van der Waals surface area contributed by atoms with Crippen molar-refractivity contribution in [3.8, 4) is 0 Å². The second kappa shape index (κ2) is 6.43. The van der Waals surface area contributed by atoms with E-state index in [2.05, 4.69) is 10.2 Å². The number of rotatable bonds is 5. The number of hydrogen-bond donors (Lipinski definition) is 1. The highest BCUT2D eigenvalue weighted by Crippen LogP contribution is 2.32. The molecule has 0 amide bonds. The van der Waals surface area contributed by atoms with Gasteiger partial charge in [0.15, 0.2) is 0 Å². The van der Waals surface area contributed by atoms with E-state index >= 15 is 0 Å². The number of benzene rings is 2. The van der Waals surface area contributed by atoms with Gasteiger partial charge in [-0.2, -0.15) is 5.10 Å². The molecule has 1 heterocycles. The van der Waals surface area contributed by atoms with Crippen LogP contribution >= 0.6 is 0 Å². The molecule has 0 saturated carbocycles. The number of carbonyl (C=O) groups excluding carboxylic acids is 1. The van der Waals surface area contributed by atoms with Crippen molar-refractivity contribution in [2.75, 3.05) is 6.61 Å². The van der Waals surface area contributed by atoms with E-state index < -0.39 is 0 Å². The number of nitrogens with zero attached hydrogens (tertiary/aromatic N) is 1. The summed E-state index contributed by atoms with van der Waals surface area (Å²) in [4.78, 5) is 12.0. The Labute approximate surface area is 129 Å². The van der Waals surface area contributed by atoms with Crippen molar-refractivity contribution in [3.63, 3.8) is 0 Å². The molecule has 4 heteroatoms. The van der Waals surface area contributed by atoms with Crippen LogP contribution < -0.4 is 0 Å². The number of H-pyrrole nitrogens is 1. The van der Waals surface area contributed by atoms with Gasteiger partial charge in [-0.05, 0) is 18.1 Å². The minimum absolute atomic E-state index is 0.0515. The van der Waals surface area contributed by atoms with E-state index in [0.717, 1.165) is 22.0 Å². The van der Waals surface area contributed by atoms with Crippen molar-refractivity contribution in [1.29, 1.82) is 0 Å². The monoisotopic (exact) mass is 294 g/mol. The van der Waals surface area contributed by atoms with Gasteiger partial charge in [-0.1, -0.05) is 48.5 Å². The number of nitrogens with one attached hydrogen (secondary N) is 1. The molecule has 0 aliphatic carbocycles. The van der Waals surface area contributed by atoms with E-state index in [1.807, 2.05) is 55.5 Å². The lowest BCUT2D eigenvalue weighted by Crippen LogP contribution is -2.12. The summed E-state index contributed by atoms with van der Waals surface area (Å²) < 4.78 is 5.14. The minimum Gasteiger partial charge on any atom is -0.466 e. The maximum Gasteiger partial charge on any atom is 0.306 e. The molecule has 0 bridgehead atoms. The first-order valence-corrected chi connectivity index (χ1v) is 7.42. The molecule has 4 nitrogen and oxygen atoms in total. The molecule has 0 aliphatic heterocycles. The molecule has 1 atom stereocenters. The maximum atomic E-state index is 12.0. The molecule has 22 heavy (non-hydrogen) atoms. The van der Waals surface area contributed by atoms with Crippen LogP contribution in [0.3, 0.4) is 0 Å². The van der Waals surface area contributed by atoms with Crippen LogP contribution in [0, 0.1) is 0 Å². The first-order chi connectivity index (χ1) is 10.8. The van der Waals surface area contributed by atoms with Crippen LogP contribution in [0.1, 0.15) is 30.4 Å². The van der Waals surface area contributed by atoms with Crippen LogP contribution in [0.2, 0.25) is 0 Å². The van der Waals surface area contributed by atoms with Crippen molar-refractivity contribution in [2.24, 2.45) is 0 Å². The van der Waals surface area contributed by atoms with Gasteiger partial charge in [-0.15, -0.1) is 0 Å². The van der Waals surface area contributed by atoms with Gasteiger partial charge in [0.25, 0.3) is 0 Å². The zero-order valence-electron chi connectivity index (χ0n) is 12.5. The lowest BCUT2D eigenvalue weighted by Gasteiger charge is -2.18. The molecule has 0 radical (unpaired) electrons. The van der Waals surface area contributed by atoms with Crippen molar-refractivity contribution in [2.45, 2.75) is 19.3 Å². The molecule has 1 N–H and O–H groups in total. The average Bonchev–Trinajstić information content (AvgIpc) is 3.02. The van der Waals surface area contributed by atoms with Crippen LogP contribution in [-0.4, -0.2) is 22.8 Å². The predicted octanol–water partition coefficient (Wildman–Crippen LogP) is 3.65. The summed E-state index contributed by atoms with van der Waals surface area (Å²) >= 11 is 0. The summed E-state index contributed by atoms with van der Waals surface area (Å²) in [5.41, 5.74) is 3.13. The molecule has 0 spiro atoms. The van der Waals surface area contributed by atoms with Gasteiger partial charge in [-0.25, -0.2) is 0 Å². The summed E-state index contributed by atoms with van der Waals surface area (Å²) in [6.07, 6.45) is 2.11. The van der Waals surface area contributed by atoms with E-state index in [1.54, 1.807) is 6.20 Å². The van der Waals surface area contributed by atoms with Gasteiger partial charge in [0, 0.05) is 11.3 Å². The number of hydrogen-bond acceptors (Lipinski definition) is 3. The largest absolute Gasteiger partial charge is 0.466 e. The van der Waals surface area contributed by atoms with Gasteiger partial charge >= 0.3 is 5.97 Å². The van der Waals surface area contributed by atoms with Crippen LogP contribution in [0.15, 0.2) is 54.7 Å². The number of aromatic nitrogens is 2. The Hall–Kier alpha value is -2.62. The van der Waals surface area contributed by atoms with Gasteiger partial charge in [0.2, 0.25) is 0 Å². The predicted molar refractivity (Wildman–Crippen MR) is 85.6 cm³/mol. The van der Waals surface area contributed by atoms with Crippen molar-refractivity contribution in [3.05, 3.63) is 65.9 Å². The van der Waals surface area contributed by atoms with Crippen molar-refractivity contribution in [1.82, 2.24) is 10.2 Å². The number of fused-ring (bicyclic) bond motifs is 1. The van der Waals surface area contributed by atoms with Crippen LogP contribution in [0.25, 0.3) is 10.9 Å². The minimum atomic E-state index is -0.187. The highest BCUT2D eigenvalue weighted by atomic mass is 16.5. The van der Waals surface area contributed by atoms with E-state index in [1.165, 1.54) is 0 Å². The second-order valence-electron chi connectivity index (χ2n) is 5.15. The third-order valence-electron chi connectivity index (χ3n) is 3.76. The Morgan fingerprint density at radius 1 is 1.18 bits per heavy atom. The fraction of sp³-hybridized carbons (Fsp3) is 0.222. The normalized spacial score (nSPS) is 12.2. The van der Waals surface area contributed by atoms with Gasteiger partial charge in [0.1, 0.15) is 0 Å². The number of esters is 1. The molecule has 3 aromatic rings. The first kappa shape index (κ1) is 14.3. The maximum absolute atomic E-state index is 12.0. The SMILES string of the molecule is CCOC(=O)CC(c1ccccc1)c1cccc2cn[nH]c12. The zero-order valence-corrected chi connectivity index (χ0v) is 12.5. The number of para-hydroxylation sites is 1. The number of ether oxygens (including phenoxy) is 1. The van der Waals surface area contributed by atoms with Crippen molar-refractivity contribution < 1.29 is 9.53 Å². The molecule has 0 fully saturated rings. The van der Waals surface area contributed by atoms with E-state index in [9.17, 15) is 4.79 Å². The molecular weight excluding hydrogens is 276 g/mol. The Balaban J connectivity index is 2.05. The lowest BCUT2D eigenvalue weighted by atomic mass is 9.87. The molecule has 3 rings (SSSR count). The Bertz CT molecular complexity index is 765. The number of aromatic amines is 1. The third-order valence-corrected chi connectivity index (χ3v) is 3.76. The quantitative estimate of drug-likeness (QED) is 0.731. The molecule has 0 saturated heterocycles. The lowest BCUT2D eigenvalue weighted by molar-refractivity contribution is -0.143. The standard InChI is InChI=1S/C18H18N2O2/c1-2-22-17(21)11-16(13-7-4-3-5-8-13)15-10-6-9-14-12-19-20-18(14)15/h3-10,12,16H,2,11H2,1H3,(H,19,20). The number of carbonyl (C=O) groups is 1. The summed E-state index contributed by atoms with van der Waals surface area (Å²) in [5.74, 6) is -0.239. The van der Waals surface area contributed by atoms with E-state index in [-0.39, 0.29) is 11.9 Å². The van der Waals surface area contributed by atoms with E-state index in [0.29, 0.717) is 13.0 Å². The first-order valence-electron chi connectivity index (χ1n) is 7.42. The van der Waals surface area contributed by atoms with Crippen LogP contribution in [-0.2, 0) is 9.53 Å².